The summed E-state index contributed by atoms with van der Waals surface area (Å²) >= 11 is 5.97. The van der Waals surface area contributed by atoms with Crippen molar-refractivity contribution >= 4 is 23.2 Å². The molecule has 5 heteroatoms. The van der Waals surface area contributed by atoms with Crippen molar-refractivity contribution in [3.8, 4) is 0 Å². The van der Waals surface area contributed by atoms with Gasteiger partial charge in [-0.05, 0) is 30.3 Å². The van der Waals surface area contributed by atoms with Gasteiger partial charge in [0.15, 0.2) is 5.72 Å². The zero-order chi connectivity index (χ0) is 16.7. The Labute approximate surface area is 144 Å². The number of carbonyl (C=O) groups is 1. The highest BCUT2D eigenvalue weighted by Crippen LogP contribution is 2.44. The lowest BCUT2D eigenvalue weighted by Gasteiger charge is -2.34. The third kappa shape index (κ3) is 2.04. The minimum Gasteiger partial charge on any atom is -0.363 e. The number of aromatic nitrogens is 1. The number of nitrogens with zero attached hydrogens (tertiary/aromatic N) is 2. The number of hydrogen-bond acceptors (Lipinski definition) is 3. The van der Waals surface area contributed by atoms with E-state index in [1.165, 1.54) is 11.1 Å². The van der Waals surface area contributed by atoms with Crippen molar-refractivity contribution in [1.29, 1.82) is 0 Å². The molecule has 1 N–H and O–H groups in total. The molecule has 1 aromatic heterocycles. The number of amides is 1. The third-order valence-electron chi connectivity index (χ3n) is 4.21. The second-order valence-electron chi connectivity index (χ2n) is 5.58. The molecule has 0 aliphatic carbocycles. The summed E-state index contributed by atoms with van der Waals surface area (Å²) in [6.07, 6.45) is 3.08. The molecule has 24 heavy (non-hydrogen) atoms. The van der Waals surface area contributed by atoms with Gasteiger partial charge in [0.25, 0.3) is 5.91 Å². The third-order valence-corrected chi connectivity index (χ3v) is 4.47. The molecular formula is C19H13ClN2O2. The molecule has 118 valence electrons. The van der Waals surface area contributed by atoms with E-state index in [9.17, 15) is 9.90 Å². The van der Waals surface area contributed by atoms with E-state index >= 15 is 0 Å². The lowest BCUT2D eigenvalue weighted by atomic mass is 9.95. The Bertz CT molecular complexity index is 912. The van der Waals surface area contributed by atoms with E-state index in [0.717, 1.165) is 0 Å². The van der Waals surface area contributed by atoms with Crippen LogP contribution < -0.4 is 4.90 Å². The molecule has 0 saturated carbocycles. The minimum absolute atomic E-state index is 0.268. The van der Waals surface area contributed by atoms with Gasteiger partial charge in [0.2, 0.25) is 0 Å². The van der Waals surface area contributed by atoms with E-state index in [-0.39, 0.29) is 5.91 Å². The highest BCUT2D eigenvalue weighted by molar-refractivity contribution is 6.30. The summed E-state index contributed by atoms with van der Waals surface area (Å²) in [5, 5.41) is 12.2. The van der Waals surface area contributed by atoms with Gasteiger partial charge in [0, 0.05) is 34.2 Å². The van der Waals surface area contributed by atoms with E-state index in [4.69, 9.17) is 11.6 Å². The number of pyridine rings is 1. The van der Waals surface area contributed by atoms with Crippen molar-refractivity contribution in [2.75, 3.05) is 4.90 Å². The van der Waals surface area contributed by atoms with Gasteiger partial charge < -0.3 is 5.11 Å². The highest BCUT2D eigenvalue weighted by atomic mass is 35.5. The van der Waals surface area contributed by atoms with E-state index in [1.54, 1.807) is 48.7 Å². The van der Waals surface area contributed by atoms with Crippen molar-refractivity contribution in [3.05, 3.63) is 94.8 Å². The second kappa shape index (κ2) is 5.44. The first-order chi connectivity index (χ1) is 11.6. The van der Waals surface area contributed by atoms with Crippen LogP contribution in [-0.4, -0.2) is 16.0 Å². The van der Waals surface area contributed by atoms with Crippen LogP contribution in [0.25, 0.3) is 0 Å². The molecule has 0 bridgehead atoms. The fourth-order valence-corrected chi connectivity index (χ4v) is 3.22. The molecule has 2 aromatic carbocycles. The smallest absolute Gasteiger partial charge is 0.261 e. The molecular weight excluding hydrogens is 324 g/mol. The Balaban J connectivity index is 1.99. The predicted molar refractivity (Wildman–Crippen MR) is 91.9 cm³/mol. The topological polar surface area (TPSA) is 53.4 Å². The molecule has 2 heterocycles. The summed E-state index contributed by atoms with van der Waals surface area (Å²) in [6, 6.07) is 17.5. The number of carbonyl (C=O) groups excluding carboxylic acids is 1. The summed E-state index contributed by atoms with van der Waals surface area (Å²) in [6.45, 7) is 0. The van der Waals surface area contributed by atoms with Crippen LogP contribution in [0.1, 0.15) is 21.5 Å². The molecule has 0 spiro atoms. The zero-order valence-corrected chi connectivity index (χ0v) is 13.3. The Morgan fingerprint density at radius 3 is 2.42 bits per heavy atom. The van der Waals surface area contributed by atoms with E-state index < -0.39 is 5.72 Å². The molecule has 3 aromatic rings. The summed E-state index contributed by atoms with van der Waals surface area (Å²) in [5.41, 5.74) is 0.423. The molecule has 1 unspecified atom stereocenters. The number of rotatable bonds is 2. The Morgan fingerprint density at radius 1 is 1.00 bits per heavy atom. The van der Waals surface area contributed by atoms with Gasteiger partial charge in [-0.3, -0.25) is 14.7 Å². The maximum atomic E-state index is 13.0. The van der Waals surface area contributed by atoms with Gasteiger partial charge in [-0.25, -0.2) is 0 Å². The number of anilines is 1. The molecule has 4 rings (SSSR count). The zero-order valence-electron chi connectivity index (χ0n) is 12.6. The second-order valence-corrected chi connectivity index (χ2v) is 6.01. The van der Waals surface area contributed by atoms with Crippen LogP contribution in [0.5, 0.6) is 0 Å². The number of para-hydroxylation sites is 1. The predicted octanol–water partition coefficient (Wildman–Crippen LogP) is 3.59. The number of hydrogen-bond donors (Lipinski definition) is 1. The first-order valence-electron chi connectivity index (χ1n) is 7.45. The number of fused-ring (bicyclic) bond motifs is 1. The molecule has 1 amide bonds. The summed E-state index contributed by atoms with van der Waals surface area (Å²) in [7, 11) is 0. The van der Waals surface area contributed by atoms with Crippen LogP contribution in [0.2, 0.25) is 5.02 Å². The maximum Gasteiger partial charge on any atom is 0.261 e. The van der Waals surface area contributed by atoms with Crippen molar-refractivity contribution in [1.82, 2.24) is 4.98 Å². The van der Waals surface area contributed by atoms with Crippen LogP contribution in [0.4, 0.5) is 5.69 Å². The summed E-state index contributed by atoms with van der Waals surface area (Å²) in [5.74, 6) is -0.268. The number of halogens is 1. The molecule has 0 saturated heterocycles. The maximum absolute atomic E-state index is 13.0. The number of benzene rings is 2. The van der Waals surface area contributed by atoms with E-state index in [0.29, 0.717) is 27.4 Å². The monoisotopic (exact) mass is 336 g/mol. The van der Waals surface area contributed by atoms with Crippen LogP contribution in [0.15, 0.2) is 73.1 Å². The first-order valence-corrected chi connectivity index (χ1v) is 7.82. The Kier molecular flexibility index (Phi) is 3.37. The van der Waals surface area contributed by atoms with Gasteiger partial charge in [0.1, 0.15) is 0 Å². The van der Waals surface area contributed by atoms with Gasteiger partial charge in [-0.15, -0.1) is 0 Å². The molecule has 1 aliphatic rings. The van der Waals surface area contributed by atoms with Crippen molar-refractivity contribution in [2.24, 2.45) is 0 Å². The van der Waals surface area contributed by atoms with E-state index in [2.05, 4.69) is 4.98 Å². The van der Waals surface area contributed by atoms with Crippen LogP contribution in [-0.2, 0) is 5.72 Å². The minimum atomic E-state index is -1.63. The van der Waals surface area contributed by atoms with E-state index in [1.807, 2.05) is 18.2 Å². The van der Waals surface area contributed by atoms with Crippen LogP contribution in [0.3, 0.4) is 0 Å². The van der Waals surface area contributed by atoms with Crippen molar-refractivity contribution < 1.29 is 9.90 Å². The molecule has 1 atom stereocenters. The largest absolute Gasteiger partial charge is 0.363 e. The highest BCUT2D eigenvalue weighted by Gasteiger charge is 2.50. The van der Waals surface area contributed by atoms with Crippen molar-refractivity contribution in [2.45, 2.75) is 5.72 Å². The van der Waals surface area contributed by atoms with Gasteiger partial charge in [-0.2, -0.15) is 0 Å². The fourth-order valence-electron chi connectivity index (χ4n) is 3.09. The Hall–Kier alpha value is -2.69. The molecule has 1 aliphatic heterocycles. The fraction of sp³-hybridized carbons (Fsp3) is 0.0526. The quantitative estimate of drug-likeness (QED) is 0.778. The normalized spacial score (nSPS) is 19.4. The lowest BCUT2D eigenvalue weighted by Crippen LogP contribution is -2.45. The summed E-state index contributed by atoms with van der Waals surface area (Å²) in [4.78, 5) is 18.4. The van der Waals surface area contributed by atoms with Crippen molar-refractivity contribution in [3.63, 3.8) is 0 Å². The van der Waals surface area contributed by atoms with Crippen LogP contribution in [0, 0.1) is 0 Å². The molecule has 0 radical (unpaired) electrons. The van der Waals surface area contributed by atoms with Crippen LogP contribution >= 0.6 is 11.6 Å². The molecule has 4 nitrogen and oxygen atoms in total. The van der Waals surface area contributed by atoms with Gasteiger partial charge in [-0.1, -0.05) is 41.9 Å². The molecule has 0 fully saturated rings. The average molecular weight is 337 g/mol. The van der Waals surface area contributed by atoms with Gasteiger partial charge in [0.05, 0.1) is 5.56 Å². The standard InChI is InChI=1S/C19H13ClN2O2/c20-14-8-6-13(7-9-14)19(24)17-12-21-11-10-16(17)18(23)22(19)15-4-2-1-3-5-15/h1-12,24H. The summed E-state index contributed by atoms with van der Waals surface area (Å²) < 4.78 is 0. The first kappa shape index (κ1) is 14.9. The lowest BCUT2D eigenvalue weighted by molar-refractivity contribution is 0.0702. The Morgan fingerprint density at radius 2 is 1.71 bits per heavy atom. The number of aliphatic hydroxyl groups is 1. The SMILES string of the molecule is O=C1c2ccncc2C(O)(c2ccc(Cl)cc2)N1c1ccccc1. The van der Waals surface area contributed by atoms with Gasteiger partial charge >= 0.3 is 0 Å². The average Bonchev–Trinajstić information content (AvgIpc) is 2.85.